The second-order valence-electron chi connectivity index (χ2n) is 6.26. The summed E-state index contributed by atoms with van der Waals surface area (Å²) in [7, 11) is 1.68. The molecule has 2 unspecified atom stereocenters. The first-order chi connectivity index (χ1) is 11.6. The molecule has 0 spiro atoms. The average molecular weight is 328 g/mol. The van der Waals surface area contributed by atoms with Gasteiger partial charge in [-0.15, -0.1) is 0 Å². The summed E-state index contributed by atoms with van der Waals surface area (Å²) in [6.07, 6.45) is 3.71. The van der Waals surface area contributed by atoms with E-state index in [9.17, 15) is 4.79 Å². The van der Waals surface area contributed by atoms with Crippen LogP contribution in [-0.4, -0.2) is 24.1 Å². The van der Waals surface area contributed by atoms with Gasteiger partial charge in [0.25, 0.3) is 0 Å². The Kier molecular flexibility index (Phi) is 4.90. The molecule has 2 atom stereocenters. The summed E-state index contributed by atoms with van der Waals surface area (Å²) in [5.74, 6) is 0.804. The largest absolute Gasteiger partial charge is 0.467 e. The van der Waals surface area contributed by atoms with Crippen LogP contribution in [0.25, 0.3) is 0 Å². The number of hydrogen-bond donors (Lipinski definition) is 1. The maximum absolute atomic E-state index is 12.8. The highest BCUT2D eigenvalue weighted by Crippen LogP contribution is 2.35. The zero-order valence-electron chi connectivity index (χ0n) is 14.4. The molecule has 2 aromatic rings. The zero-order valence-corrected chi connectivity index (χ0v) is 14.4. The van der Waals surface area contributed by atoms with E-state index in [4.69, 9.17) is 9.15 Å². The Hall–Kier alpha value is -2.27. The molecule has 128 valence electrons. The Labute approximate surface area is 142 Å². The number of methoxy groups -OCH3 is 1. The number of nitrogens with zero attached hydrogens (tertiary/aromatic N) is 1. The number of urea groups is 1. The van der Waals surface area contributed by atoms with Gasteiger partial charge in [0.1, 0.15) is 5.76 Å². The van der Waals surface area contributed by atoms with Crippen molar-refractivity contribution in [3.63, 3.8) is 0 Å². The van der Waals surface area contributed by atoms with Crippen molar-refractivity contribution < 1.29 is 13.9 Å². The fourth-order valence-corrected chi connectivity index (χ4v) is 2.87. The number of carbonyl (C=O) groups excluding carboxylic acids is 1. The molecule has 24 heavy (non-hydrogen) atoms. The fourth-order valence-electron chi connectivity index (χ4n) is 2.87. The third kappa shape index (κ3) is 3.62. The topological polar surface area (TPSA) is 54.7 Å². The number of carbonyl (C=O) groups is 1. The van der Waals surface area contributed by atoms with Gasteiger partial charge in [-0.2, -0.15) is 0 Å². The Balaban J connectivity index is 1.75. The van der Waals surface area contributed by atoms with Crippen molar-refractivity contribution in [3.8, 4) is 0 Å². The number of amides is 2. The maximum atomic E-state index is 12.8. The van der Waals surface area contributed by atoms with Gasteiger partial charge in [0.05, 0.1) is 18.4 Å². The maximum Gasteiger partial charge on any atom is 0.322 e. The molecule has 0 aliphatic heterocycles. The third-order valence-electron chi connectivity index (χ3n) is 4.51. The summed E-state index contributed by atoms with van der Waals surface area (Å²) in [4.78, 5) is 14.7. The van der Waals surface area contributed by atoms with Crippen molar-refractivity contribution in [2.45, 2.75) is 44.9 Å². The molecule has 0 bridgehead atoms. The predicted molar refractivity (Wildman–Crippen MR) is 92.9 cm³/mol. The summed E-state index contributed by atoms with van der Waals surface area (Å²) in [6.45, 7) is 3.98. The van der Waals surface area contributed by atoms with Crippen molar-refractivity contribution in [3.05, 3.63) is 54.0 Å². The minimum atomic E-state index is -0.0939. The lowest BCUT2D eigenvalue weighted by molar-refractivity contribution is 0.119. The molecule has 1 saturated carbocycles. The van der Waals surface area contributed by atoms with Crippen molar-refractivity contribution >= 4 is 11.7 Å². The minimum Gasteiger partial charge on any atom is -0.467 e. The lowest BCUT2D eigenvalue weighted by Gasteiger charge is -2.28. The van der Waals surface area contributed by atoms with Crippen LogP contribution in [0.4, 0.5) is 10.5 Å². The van der Waals surface area contributed by atoms with E-state index >= 15 is 0 Å². The SMILES string of the molecule is COC(C)c1cccc(NC(=O)N(C2CC2)C(C)c2ccco2)c1. The number of rotatable bonds is 6. The first kappa shape index (κ1) is 16.6. The van der Waals surface area contributed by atoms with E-state index in [1.54, 1.807) is 13.4 Å². The number of furan rings is 1. The molecule has 1 aromatic heterocycles. The van der Waals surface area contributed by atoms with Crippen LogP contribution in [-0.2, 0) is 4.74 Å². The van der Waals surface area contributed by atoms with Gasteiger partial charge in [0.2, 0.25) is 0 Å². The zero-order chi connectivity index (χ0) is 17.1. The Morgan fingerprint density at radius 2 is 2.08 bits per heavy atom. The molecule has 0 radical (unpaired) electrons. The summed E-state index contributed by atoms with van der Waals surface area (Å²) in [6, 6.07) is 11.6. The predicted octanol–water partition coefficient (Wildman–Crippen LogP) is 4.74. The summed E-state index contributed by atoms with van der Waals surface area (Å²) in [5, 5.41) is 3.02. The highest BCUT2D eigenvalue weighted by Gasteiger charge is 2.37. The number of anilines is 1. The summed E-state index contributed by atoms with van der Waals surface area (Å²) in [5.41, 5.74) is 1.81. The molecule has 2 amide bonds. The summed E-state index contributed by atoms with van der Waals surface area (Å²) >= 11 is 0. The molecular weight excluding hydrogens is 304 g/mol. The van der Waals surface area contributed by atoms with Gasteiger partial charge < -0.3 is 19.4 Å². The number of nitrogens with one attached hydrogen (secondary N) is 1. The molecule has 1 aliphatic rings. The first-order valence-electron chi connectivity index (χ1n) is 8.35. The molecule has 1 N–H and O–H groups in total. The smallest absolute Gasteiger partial charge is 0.322 e. The number of ether oxygens (including phenoxy) is 1. The molecule has 1 fully saturated rings. The standard InChI is InChI=1S/C19H24N2O3/c1-13(18-8-5-11-24-18)21(17-9-10-17)19(22)20-16-7-4-6-15(12-16)14(2)23-3/h4-8,11-14,17H,9-10H2,1-3H3,(H,20,22). The lowest BCUT2D eigenvalue weighted by atomic mass is 10.1. The molecule has 3 rings (SSSR count). The monoisotopic (exact) mass is 328 g/mol. The van der Waals surface area contributed by atoms with Crippen molar-refractivity contribution in [2.24, 2.45) is 0 Å². The normalized spacial score (nSPS) is 16.5. The second kappa shape index (κ2) is 7.09. The van der Waals surface area contributed by atoms with Crippen molar-refractivity contribution in [1.82, 2.24) is 4.90 Å². The minimum absolute atomic E-state index is 0.0107. The molecule has 5 nitrogen and oxygen atoms in total. The fraction of sp³-hybridized carbons (Fsp3) is 0.421. The van der Waals surface area contributed by atoms with Crippen LogP contribution in [0.2, 0.25) is 0 Å². The van der Waals surface area contributed by atoms with E-state index in [1.807, 2.05) is 55.1 Å². The molecule has 5 heteroatoms. The Morgan fingerprint density at radius 3 is 2.71 bits per heavy atom. The van der Waals surface area contributed by atoms with Gasteiger partial charge in [-0.3, -0.25) is 0 Å². The van der Waals surface area contributed by atoms with Crippen LogP contribution in [0.1, 0.15) is 50.2 Å². The van der Waals surface area contributed by atoms with Gasteiger partial charge in [0.15, 0.2) is 0 Å². The van der Waals surface area contributed by atoms with Crippen LogP contribution < -0.4 is 5.32 Å². The van der Waals surface area contributed by atoms with Gasteiger partial charge in [-0.05, 0) is 56.5 Å². The van der Waals surface area contributed by atoms with Gasteiger partial charge in [-0.25, -0.2) is 4.79 Å². The van der Waals surface area contributed by atoms with Gasteiger partial charge in [0, 0.05) is 18.8 Å². The van der Waals surface area contributed by atoms with Crippen LogP contribution >= 0.6 is 0 Å². The lowest BCUT2D eigenvalue weighted by Crippen LogP contribution is -2.38. The van der Waals surface area contributed by atoms with E-state index in [2.05, 4.69) is 5.32 Å². The quantitative estimate of drug-likeness (QED) is 0.833. The molecular formula is C19H24N2O3. The van der Waals surface area contributed by atoms with Crippen LogP contribution in [0.5, 0.6) is 0 Å². The molecule has 1 heterocycles. The van der Waals surface area contributed by atoms with Crippen LogP contribution in [0, 0.1) is 0 Å². The number of hydrogen-bond acceptors (Lipinski definition) is 3. The van der Waals surface area contributed by atoms with Gasteiger partial charge in [-0.1, -0.05) is 12.1 Å². The number of benzene rings is 1. The van der Waals surface area contributed by atoms with E-state index in [0.717, 1.165) is 29.9 Å². The Morgan fingerprint density at radius 1 is 1.29 bits per heavy atom. The first-order valence-corrected chi connectivity index (χ1v) is 8.35. The average Bonchev–Trinajstić information content (AvgIpc) is 3.25. The molecule has 1 aromatic carbocycles. The Bertz CT molecular complexity index is 680. The second-order valence-corrected chi connectivity index (χ2v) is 6.26. The van der Waals surface area contributed by atoms with Crippen molar-refractivity contribution in [2.75, 3.05) is 12.4 Å². The molecule has 0 saturated heterocycles. The van der Waals surface area contributed by atoms with Gasteiger partial charge >= 0.3 is 6.03 Å². The van der Waals surface area contributed by atoms with E-state index in [1.165, 1.54) is 0 Å². The highest BCUT2D eigenvalue weighted by atomic mass is 16.5. The third-order valence-corrected chi connectivity index (χ3v) is 4.51. The summed E-state index contributed by atoms with van der Waals surface area (Å²) < 4.78 is 10.8. The van der Waals surface area contributed by atoms with E-state index in [-0.39, 0.29) is 24.2 Å². The van der Waals surface area contributed by atoms with E-state index < -0.39 is 0 Å². The van der Waals surface area contributed by atoms with Crippen LogP contribution in [0.3, 0.4) is 0 Å². The van der Waals surface area contributed by atoms with Crippen LogP contribution in [0.15, 0.2) is 47.1 Å². The molecule has 1 aliphatic carbocycles. The highest BCUT2D eigenvalue weighted by molar-refractivity contribution is 5.90. The van der Waals surface area contributed by atoms with Crippen molar-refractivity contribution in [1.29, 1.82) is 0 Å². The van der Waals surface area contributed by atoms with E-state index in [0.29, 0.717) is 0 Å².